The van der Waals surface area contributed by atoms with E-state index in [1.54, 1.807) is 0 Å². The van der Waals surface area contributed by atoms with Crippen molar-refractivity contribution in [3.8, 4) is 0 Å². The first-order valence-corrected chi connectivity index (χ1v) is 8.77. The average molecular weight is 294 g/mol. The van der Waals surface area contributed by atoms with E-state index in [0.717, 1.165) is 44.2 Å². The molecule has 0 heterocycles. The fourth-order valence-electron chi connectivity index (χ4n) is 3.88. The molecule has 3 aliphatic carbocycles. The van der Waals surface area contributed by atoms with Crippen LogP contribution in [0.5, 0.6) is 0 Å². The van der Waals surface area contributed by atoms with Crippen molar-refractivity contribution in [3.05, 3.63) is 0 Å². The number of methoxy groups -OCH3 is 1. The third-order valence-electron chi connectivity index (χ3n) is 5.43. The Hall–Kier alpha value is -0.610. The van der Waals surface area contributed by atoms with Crippen molar-refractivity contribution in [3.63, 3.8) is 0 Å². The lowest BCUT2D eigenvalue weighted by atomic mass is 9.96. The molecule has 21 heavy (non-hydrogen) atoms. The minimum atomic E-state index is -0.424. The standard InChI is InChI=1S/C17H30N2O2/c1-3-10-18-17(16(20)21-2)9-8-15(11-17)19(14-6-7-14)12-13-4-5-13/h13-15,18H,3-12H2,1-2H3. The van der Waals surface area contributed by atoms with Crippen molar-refractivity contribution in [1.82, 2.24) is 10.2 Å². The quantitative estimate of drug-likeness (QED) is 0.698. The van der Waals surface area contributed by atoms with Gasteiger partial charge in [0.15, 0.2) is 0 Å². The van der Waals surface area contributed by atoms with Gasteiger partial charge in [0.05, 0.1) is 7.11 Å². The zero-order valence-electron chi connectivity index (χ0n) is 13.6. The largest absolute Gasteiger partial charge is 0.468 e. The van der Waals surface area contributed by atoms with Crippen molar-refractivity contribution in [2.24, 2.45) is 5.92 Å². The predicted molar refractivity (Wildman–Crippen MR) is 83.1 cm³/mol. The summed E-state index contributed by atoms with van der Waals surface area (Å²) < 4.78 is 5.11. The maximum Gasteiger partial charge on any atom is 0.326 e. The van der Waals surface area contributed by atoms with E-state index in [1.165, 1.54) is 39.3 Å². The minimum Gasteiger partial charge on any atom is -0.468 e. The minimum absolute atomic E-state index is 0.0550. The normalized spacial score (nSPS) is 32.6. The van der Waals surface area contributed by atoms with Gasteiger partial charge >= 0.3 is 5.97 Å². The molecule has 0 aromatic rings. The Kier molecular flexibility index (Phi) is 4.55. The third-order valence-corrected chi connectivity index (χ3v) is 5.43. The number of rotatable bonds is 8. The number of nitrogens with zero attached hydrogens (tertiary/aromatic N) is 1. The van der Waals surface area contributed by atoms with Crippen molar-refractivity contribution in [2.75, 3.05) is 20.2 Å². The molecule has 0 spiro atoms. The SMILES string of the molecule is CCCNC1(C(=O)OC)CCC(N(CC2CC2)C2CC2)C1. The highest BCUT2D eigenvalue weighted by atomic mass is 16.5. The first kappa shape index (κ1) is 15.3. The molecule has 3 rings (SSSR count). The van der Waals surface area contributed by atoms with Crippen LogP contribution in [0.1, 0.15) is 58.3 Å². The molecule has 1 N–H and O–H groups in total. The summed E-state index contributed by atoms with van der Waals surface area (Å²) in [6.45, 7) is 4.31. The van der Waals surface area contributed by atoms with E-state index in [0.29, 0.717) is 6.04 Å². The van der Waals surface area contributed by atoms with Crippen molar-refractivity contribution in [2.45, 2.75) is 75.9 Å². The molecule has 0 radical (unpaired) electrons. The van der Waals surface area contributed by atoms with Gasteiger partial charge in [-0.1, -0.05) is 6.92 Å². The van der Waals surface area contributed by atoms with Crippen LogP contribution in [0.15, 0.2) is 0 Å². The Bertz CT molecular complexity index is 379. The molecular weight excluding hydrogens is 264 g/mol. The molecule has 2 atom stereocenters. The molecule has 0 aromatic heterocycles. The van der Waals surface area contributed by atoms with Gasteiger partial charge in [-0.25, -0.2) is 0 Å². The molecule has 0 bridgehead atoms. The molecule has 120 valence electrons. The Morgan fingerprint density at radius 3 is 2.57 bits per heavy atom. The summed E-state index contributed by atoms with van der Waals surface area (Å²) in [7, 11) is 1.52. The lowest BCUT2D eigenvalue weighted by Crippen LogP contribution is -2.52. The van der Waals surface area contributed by atoms with Crippen LogP contribution in [0.3, 0.4) is 0 Å². The van der Waals surface area contributed by atoms with E-state index < -0.39 is 5.54 Å². The van der Waals surface area contributed by atoms with Crippen LogP contribution >= 0.6 is 0 Å². The summed E-state index contributed by atoms with van der Waals surface area (Å²) in [5, 5.41) is 3.51. The van der Waals surface area contributed by atoms with Crippen LogP contribution in [-0.4, -0.2) is 48.7 Å². The van der Waals surface area contributed by atoms with Crippen LogP contribution in [0, 0.1) is 5.92 Å². The van der Waals surface area contributed by atoms with Gasteiger partial charge in [0.25, 0.3) is 0 Å². The smallest absolute Gasteiger partial charge is 0.326 e. The number of nitrogens with one attached hydrogen (secondary N) is 1. The Morgan fingerprint density at radius 2 is 2.00 bits per heavy atom. The molecular formula is C17H30N2O2. The van der Waals surface area contributed by atoms with Crippen molar-refractivity contribution < 1.29 is 9.53 Å². The number of carbonyl (C=O) groups is 1. The maximum atomic E-state index is 12.3. The number of hydrogen-bond acceptors (Lipinski definition) is 4. The topological polar surface area (TPSA) is 41.6 Å². The summed E-state index contributed by atoms with van der Waals surface area (Å²) in [4.78, 5) is 15.1. The summed E-state index contributed by atoms with van der Waals surface area (Å²) in [6, 6.07) is 1.37. The summed E-state index contributed by atoms with van der Waals surface area (Å²) >= 11 is 0. The monoisotopic (exact) mass is 294 g/mol. The fourth-order valence-corrected chi connectivity index (χ4v) is 3.88. The van der Waals surface area contributed by atoms with E-state index in [9.17, 15) is 4.79 Å². The molecule has 0 aliphatic heterocycles. The zero-order valence-corrected chi connectivity index (χ0v) is 13.6. The third kappa shape index (κ3) is 3.42. The number of esters is 1. The summed E-state index contributed by atoms with van der Waals surface area (Å²) in [6.07, 6.45) is 9.58. The molecule has 3 aliphatic rings. The fraction of sp³-hybridized carbons (Fsp3) is 0.941. The lowest BCUT2D eigenvalue weighted by molar-refractivity contribution is -0.148. The predicted octanol–water partition coefficient (Wildman–Crippen LogP) is 2.32. The van der Waals surface area contributed by atoms with Gasteiger partial charge in [0.1, 0.15) is 5.54 Å². The zero-order chi connectivity index (χ0) is 14.9. The molecule has 4 heteroatoms. The Balaban J connectivity index is 1.66. The van der Waals surface area contributed by atoms with Gasteiger partial charge in [-0.15, -0.1) is 0 Å². The summed E-state index contributed by atoms with van der Waals surface area (Å²) in [5.41, 5.74) is -0.424. The van der Waals surface area contributed by atoms with Gasteiger partial charge in [-0.2, -0.15) is 0 Å². The van der Waals surface area contributed by atoms with Crippen LogP contribution < -0.4 is 5.32 Å². The first-order chi connectivity index (χ1) is 10.2. The Labute approximate surface area is 128 Å². The summed E-state index contributed by atoms with van der Waals surface area (Å²) in [5.74, 6) is 0.878. The Morgan fingerprint density at radius 1 is 1.24 bits per heavy atom. The highest BCUT2D eigenvalue weighted by Gasteiger charge is 2.49. The molecule has 0 aromatic carbocycles. The van der Waals surface area contributed by atoms with E-state index in [-0.39, 0.29) is 5.97 Å². The van der Waals surface area contributed by atoms with Crippen LogP contribution in [0.25, 0.3) is 0 Å². The second-order valence-corrected chi connectivity index (χ2v) is 7.27. The van der Waals surface area contributed by atoms with E-state index >= 15 is 0 Å². The van der Waals surface area contributed by atoms with Crippen molar-refractivity contribution in [1.29, 1.82) is 0 Å². The first-order valence-electron chi connectivity index (χ1n) is 8.77. The number of hydrogen-bond donors (Lipinski definition) is 1. The lowest BCUT2D eigenvalue weighted by Gasteiger charge is -2.32. The van der Waals surface area contributed by atoms with Gasteiger partial charge in [0, 0.05) is 18.6 Å². The van der Waals surface area contributed by atoms with Crippen LogP contribution in [0.2, 0.25) is 0 Å². The van der Waals surface area contributed by atoms with Gasteiger partial charge in [0.2, 0.25) is 0 Å². The van der Waals surface area contributed by atoms with Crippen LogP contribution in [0.4, 0.5) is 0 Å². The second-order valence-electron chi connectivity index (χ2n) is 7.27. The number of ether oxygens (including phenoxy) is 1. The van der Waals surface area contributed by atoms with Crippen LogP contribution in [-0.2, 0) is 9.53 Å². The average Bonchev–Trinajstić information content (AvgIpc) is 3.41. The number of carbonyl (C=O) groups excluding carboxylic acids is 1. The maximum absolute atomic E-state index is 12.3. The molecule has 2 unspecified atom stereocenters. The highest BCUT2D eigenvalue weighted by Crippen LogP contribution is 2.42. The molecule has 0 saturated heterocycles. The van der Waals surface area contributed by atoms with E-state index in [4.69, 9.17) is 4.74 Å². The van der Waals surface area contributed by atoms with Gasteiger partial charge in [-0.05, 0) is 63.8 Å². The van der Waals surface area contributed by atoms with Gasteiger partial charge in [-0.3, -0.25) is 9.69 Å². The van der Waals surface area contributed by atoms with E-state index in [1.807, 2.05) is 0 Å². The molecule has 3 fully saturated rings. The van der Waals surface area contributed by atoms with Gasteiger partial charge < -0.3 is 10.1 Å². The van der Waals surface area contributed by atoms with Crippen molar-refractivity contribution >= 4 is 5.97 Å². The molecule has 0 amide bonds. The van der Waals surface area contributed by atoms with E-state index in [2.05, 4.69) is 17.1 Å². The second kappa shape index (κ2) is 6.25. The molecule has 3 saturated carbocycles. The molecule has 4 nitrogen and oxygen atoms in total. The highest BCUT2D eigenvalue weighted by molar-refractivity contribution is 5.81.